The summed E-state index contributed by atoms with van der Waals surface area (Å²) in [6.07, 6.45) is 2.88. The van der Waals surface area contributed by atoms with Gasteiger partial charge in [-0.2, -0.15) is 4.99 Å². The van der Waals surface area contributed by atoms with E-state index in [4.69, 9.17) is 0 Å². The molecule has 1 aromatic carbocycles. The van der Waals surface area contributed by atoms with E-state index in [1.165, 1.54) is 12.2 Å². The van der Waals surface area contributed by atoms with E-state index in [1.54, 1.807) is 24.3 Å². The van der Waals surface area contributed by atoms with Crippen LogP contribution in [0.25, 0.3) is 5.70 Å². The Balaban J connectivity index is 2.84. The van der Waals surface area contributed by atoms with Crippen molar-refractivity contribution in [2.75, 3.05) is 0 Å². The van der Waals surface area contributed by atoms with E-state index < -0.39 is 0 Å². The fourth-order valence-electron chi connectivity index (χ4n) is 1.05. The average Bonchev–Trinajstić information content (AvgIpc) is 2.27. The number of rotatable bonds is 4. The Morgan fingerprint density at radius 2 is 1.87 bits per heavy atom. The molecule has 0 saturated carbocycles. The second-order valence-corrected chi connectivity index (χ2v) is 2.75. The predicted molar refractivity (Wildman–Crippen MR) is 55.4 cm³/mol. The molecule has 0 aromatic heterocycles. The number of hydrogen-bond donors (Lipinski definition) is 0. The van der Waals surface area contributed by atoms with Crippen LogP contribution in [0, 0.1) is 0 Å². The van der Waals surface area contributed by atoms with Crippen LogP contribution in [-0.4, -0.2) is 12.2 Å². The Bertz CT molecular complexity index is 450. The Hall–Kier alpha value is -2.28. The molecular weight excluding hydrogens is 192 g/mol. The van der Waals surface area contributed by atoms with Gasteiger partial charge < -0.3 is 0 Å². The number of benzene rings is 1. The molecule has 0 fully saturated rings. The molecule has 1 aromatic rings. The molecule has 0 amide bonds. The molecule has 0 unspecified atom stereocenters. The van der Waals surface area contributed by atoms with Gasteiger partial charge in [-0.05, 0) is 5.56 Å². The van der Waals surface area contributed by atoms with Crippen molar-refractivity contribution < 1.29 is 9.59 Å². The van der Waals surface area contributed by atoms with Gasteiger partial charge in [-0.1, -0.05) is 30.8 Å². The van der Waals surface area contributed by atoms with E-state index in [0.29, 0.717) is 12.2 Å². The average molecular weight is 200 g/mol. The zero-order chi connectivity index (χ0) is 11.1. The molecule has 15 heavy (non-hydrogen) atoms. The predicted octanol–water partition coefficient (Wildman–Crippen LogP) is 1.83. The molecule has 0 N–H and O–H groups in total. The van der Waals surface area contributed by atoms with Crippen molar-refractivity contribution in [3.63, 3.8) is 0 Å². The topological polar surface area (TPSA) is 58.9 Å². The summed E-state index contributed by atoms with van der Waals surface area (Å²) in [5.41, 5.74) is 1.97. The molecule has 0 aliphatic heterocycles. The van der Waals surface area contributed by atoms with Gasteiger partial charge in [-0.15, -0.1) is 0 Å². The summed E-state index contributed by atoms with van der Waals surface area (Å²) in [7, 11) is 0. The van der Waals surface area contributed by atoms with Crippen LogP contribution in [0.2, 0.25) is 0 Å². The minimum atomic E-state index is 0.299. The fourth-order valence-corrected chi connectivity index (χ4v) is 1.05. The van der Waals surface area contributed by atoms with Gasteiger partial charge in [-0.25, -0.2) is 14.6 Å². The van der Waals surface area contributed by atoms with Crippen LogP contribution in [-0.2, 0) is 16.1 Å². The molecule has 0 bridgehead atoms. The standard InChI is InChI=1S/C11H8N2O2/c1-9(13-8-15)11-4-2-10(3-5-11)6-12-7-14/h2-5H,1,6H2. The summed E-state index contributed by atoms with van der Waals surface area (Å²) in [5, 5.41) is 0. The zero-order valence-corrected chi connectivity index (χ0v) is 7.93. The van der Waals surface area contributed by atoms with Crippen LogP contribution >= 0.6 is 0 Å². The summed E-state index contributed by atoms with van der Waals surface area (Å²) in [5.74, 6) is 0. The molecule has 1 rings (SSSR count). The summed E-state index contributed by atoms with van der Waals surface area (Å²) >= 11 is 0. The molecule has 0 aliphatic rings. The van der Waals surface area contributed by atoms with E-state index in [1.807, 2.05) is 0 Å². The third-order valence-electron chi connectivity index (χ3n) is 1.79. The second-order valence-electron chi connectivity index (χ2n) is 2.75. The van der Waals surface area contributed by atoms with Crippen molar-refractivity contribution in [2.45, 2.75) is 6.54 Å². The zero-order valence-electron chi connectivity index (χ0n) is 7.93. The maximum atomic E-state index is 9.99. The van der Waals surface area contributed by atoms with Crippen LogP contribution in [0.1, 0.15) is 11.1 Å². The number of aliphatic imine (C=N–C) groups is 2. The monoisotopic (exact) mass is 200 g/mol. The van der Waals surface area contributed by atoms with Crippen molar-refractivity contribution in [1.29, 1.82) is 0 Å². The molecule has 0 atom stereocenters. The molecule has 0 heterocycles. The number of nitrogens with zero attached hydrogens (tertiary/aromatic N) is 2. The summed E-state index contributed by atoms with van der Waals surface area (Å²) in [6.45, 7) is 3.89. The third-order valence-corrected chi connectivity index (χ3v) is 1.79. The fraction of sp³-hybridized carbons (Fsp3) is 0.0909. The van der Waals surface area contributed by atoms with Gasteiger partial charge in [0, 0.05) is 5.56 Å². The van der Waals surface area contributed by atoms with Crippen molar-refractivity contribution in [2.24, 2.45) is 9.98 Å². The molecule has 0 radical (unpaired) electrons. The lowest BCUT2D eigenvalue weighted by Gasteiger charge is -1.99. The van der Waals surface area contributed by atoms with Crippen LogP contribution in [0.5, 0.6) is 0 Å². The van der Waals surface area contributed by atoms with Crippen molar-refractivity contribution >= 4 is 17.9 Å². The van der Waals surface area contributed by atoms with E-state index in [0.717, 1.165) is 11.1 Å². The molecule has 4 nitrogen and oxygen atoms in total. The van der Waals surface area contributed by atoms with Gasteiger partial charge in [0.05, 0.1) is 12.2 Å². The minimum absolute atomic E-state index is 0.299. The van der Waals surface area contributed by atoms with Gasteiger partial charge >= 0.3 is 0 Å². The highest BCUT2D eigenvalue weighted by molar-refractivity contribution is 5.67. The Kier molecular flexibility index (Phi) is 3.92. The van der Waals surface area contributed by atoms with Crippen LogP contribution in [0.3, 0.4) is 0 Å². The van der Waals surface area contributed by atoms with E-state index in [9.17, 15) is 9.59 Å². The van der Waals surface area contributed by atoms with E-state index in [-0.39, 0.29) is 0 Å². The van der Waals surface area contributed by atoms with Gasteiger partial charge in [0.15, 0.2) is 0 Å². The lowest BCUT2D eigenvalue weighted by atomic mass is 10.1. The smallest absolute Gasteiger partial charge is 0.211 e. The first-order valence-electron chi connectivity index (χ1n) is 4.17. The number of hydrogen-bond acceptors (Lipinski definition) is 4. The maximum Gasteiger partial charge on any atom is 0.240 e. The number of carbonyl (C=O) groups excluding carboxylic acids is 2. The highest BCUT2D eigenvalue weighted by atomic mass is 16.1. The highest BCUT2D eigenvalue weighted by Gasteiger charge is 1.97. The van der Waals surface area contributed by atoms with Crippen LogP contribution < -0.4 is 0 Å². The van der Waals surface area contributed by atoms with Crippen molar-refractivity contribution in [3.05, 3.63) is 42.0 Å². The largest absolute Gasteiger partial charge is 0.240 e. The minimum Gasteiger partial charge on any atom is -0.211 e. The molecule has 4 heteroatoms. The first-order valence-corrected chi connectivity index (χ1v) is 4.17. The quantitative estimate of drug-likeness (QED) is 0.549. The summed E-state index contributed by atoms with van der Waals surface area (Å²) in [6, 6.07) is 7.06. The SMILES string of the molecule is C=C(N=C=O)c1ccc(CN=C=O)cc1. The van der Waals surface area contributed by atoms with E-state index in [2.05, 4.69) is 16.6 Å². The lowest BCUT2D eigenvalue weighted by molar-refractivity contribution is 0.562. The van der Waals surface area contributed by atoms with Gasteiger partial charge in [0.1, 0.15) is 0 Å². The Morgan fingerprint density at radius 1 is 1.20 bits per heavy atom. The summed E-state index contributed by atoms with van der Waals surface area (Å²) in [4.78, 5) is 26.7. The highest BCUT2D eigenvalue weighted by Crippen LogP contribution is 2.14. The normalized spacial score (nSPS) is 8.53. The Morgan fingerprint density at radius 3 is 2.40 bits per heavy atom. The van der Waals surface area contributed by atoms with Gasteiger partial charge in [0.2, 0.25) is 12.2 Å². The van der Waals surface area contributed by atoms with Crippen LogP contribution in [0.15, 0.2) is 40.8 Å². The maximum absolute atomic E-state index is 9.99. The van der Waals surface area contributed by atoms with Crippen molar-refractivity contribution in [1.82, 2.24) is 0 Å². The van der Waals surface area contributed by atoms with Gasteiger partial charge in [-0.3, -0.25) is 0 Å². The molecule has 0 saturated heterocycles. The first kappa shape index (κ1) is 10.8. The van der Waals surface area contributed by atoms with E-state index >= 15 is 0 Å². The molecule has 0 spiro atoms. The Labute approximate surface area is 86.7 Å². The first-order chi connectivity index (χ1) is 7.27. The molecule has 0 aliphatic carbocycles. The number of isocyanates is 2. The third kappa shape index (κ3) is 3.16. The second kappa shape index (κ2) is 5.45. The van der Waals surface area contributed by atoms with Crippen molar-refractivity contribution in [3.8, 4) is 0 Å². The summed E-state index contributed by atoms with van der Waals surface area (Å²) < 4.78 is 0. The van der Waals surface area contributed by atoms with Gasteiger partial charge in [0.25, 0.3) is 0 Å². The molecule has 74 valence electrons. The lowest BCUT2D eigenvalue weighted by Crippen LogP contribution is -1.83. The van der Waals surface area contributed by atoms with Crippen LogP contribution in [0.4, 0.5) is 0 Å². The molecular formula is C11H8N2O2.